The minimum Gasteiger partial charge on any atom is -0.493 e. The number of carbonyl (C=O) groups is 2. The first-order valence-corrected chi connectivity index (χ1v) is 11.0. The van der Waals surface area contributed by atoms with Crippen molar-refractivity contribution in [2.75, 3.05) is 12.0 Å². The van der Waals surface area contributed by atoms with Gasteiger partial charge in [0.05, 0.1) is 18.3 Å². The average Bonchev–Trinajstić information content (AvgIpc) is 3.21. The third-order valence-electron chi connectivity index (χ3n) is 5.67. The molecule has 5 rings (SSSR count). The van der Waals surface area contributed by atoms with E-state index in [-0.39, 0.29) is 36.1 Å². The van der Waals surface area contributed by atoms with E-state index in [0.717, 1.165) is 16.5 Å². The van der Waals surface area contributed by atoms with E-state index < -0.39 is 5.82 Å². The number of methoxy groups -OCH3 is 1. The van der Waals surface area contributed by atoms with Crippen LogP contribution in [0, 0.1) is 5.82 Å². The molecule has 0 unspecified atom stereocenters. The van der Waals surface area contributed by atoms with Crippen LogP contribution < -0.4 is 19.1 Å². The molecule has 176 valence electrons. The van der Waals surface area contributed by atoms with E-state index in [1.54, 1.807) is 24.4 Å². The predicted molar refractivity (Wildman–Crippen MR) is 127 cm³/mol. The summed E-state index contributed by atoms with van der Waals surface area (Å²) >= 11 is 0. The van der Waals surface area contributed by atoms with Gasteiger partial charge in [0.2, 0.25) is 11.8 Å². The van der Waals surface area contributed by atoms with Gasteiger partial charge in [-0.2, -0.15) is 0 Å². The molecule has 0 aliphatic carbocycles. The fourth-order valence-corrected chi connectivity index (χ4v) is 3.92. The van der Waals surface area contributed by atoms with E-state index >= 15 is 0 Å². The number of hydrogen-bond acceptors (Lipinski definition) is 6. The molecular formula is C27H21FN2O5. The van der Waals surface area contributed by atoms with Gasteiger partial charge in [0.25, 0.3) is 0 Å². The zero-order chi connectivity index (χ0) is 24.4. The van der Waals surface area contributed by atoms with Crippen LogP contribution in [0.4, 0.5) is 10.1 Å². The Labute approximate surface area is 200 Å². The number of nitrogens with zero attached hydrogens (tertiary/aromatic N) is 2. The molecule has 0 bridgehead atoms. The number of rotatable bonds is 7. The highest BCUT2D eigenvalue weighted by molar-refractivity contribution is 6.19. The third kappa shape index (κ3) is 4.50. The molecule has 8 heteroatoms. The lowest BCUT2D eigenvalue weighted by atomic mass is 10.1. The lowest BCUT2D eigenvalue weighted by Crippen LogP contribution is -2.28. The van der Waals surface area contributed by atoms with Gasteiger partial charge >= 0.3 is 0 Å². The van der Waals surface area contributed by atoms with Gasteiger partial charge in [-0.3, -0.25) is 19.5 Å². The van der Waals surface area contributed by atoms with E-state index in [0.29, 0.717) is 34.8 Å². The van der Waals surface area contributed by atoms with Gasteiger partial charge < -0.3 is 14.2 Å². The zero-order valence-corrected chi connectivity index (χ0v) is 18.9. The van der Waals surface area contributed by atoms with E-state index in [1.807, 2.05) is 30.3 Å². The molecule has 1 saturated heterocycles. The maximum atomic E-state index is 14.9. The van der Waals surface area contributed by atoms with Crippen molar-refractivity contribution in [1.29, 1.82) is 0 Å². The molecule has 0 N–H and O–H groups in total. The van der Waals surface area contributed by atoms with Crippen molar-refractivity contribution in [3.63, 3.8) is 0 Å². The molecule has 0 radical (unpaired) electrons. The summed E-state index contributed by atoms with van der Waals surface area (Å²) in [6.45, 7) is 0.360. The number of pyridine rings is 1. The molecule has 7 nitrogen and oxygen atoms in total. The van der Waals surface area contributed by atoms with Gasteiger partial charge in [-0.05, 0) is 29.8 Å². The Hall–Kier alpha value is -4.46. The van der Waals surface area contributed by atoms with Gasteiger partial charge in [-0.1, -0.05) is 30.3 Å². The lowest BCUT2D eigenvalue weighted by molar-refractivity contribution is -0.121. The molecule has 35 heavy (non-hydrogen) atoms. The number of aromatic nitrogens is 1. The fourth-order valence-electron chi connectivity index (χ4n) is 3.92. The Morgan fingerprint density at radius 1 is 0.886 bits per heavy atom. The molecule has 0 spiro atoms. The summed E-state index contributed by atoms with van der Waals surface area (Å²) in [6.07, 6.45) is 1.81. The molecule has 1 aromatic heterocycles. The van der Waals surface area contributed by atoms with Crippen LogP contribution in [0.25, 0.3) is 10.9 Å². The SMILES string of the molecule is COc1cc2c(Oc3ccc(N4C(=O)CCC4=O)cc3F)ccnc2cc1OCc1ccccc1. The molecule has 3 aromatic carbocycles. The molecule has 0 atom stereocenters. The largest absolute Gasteiger partial charge is 0.493 e. The highest BCUT2D eigenvalue weighted by Gasteiger charge is 2.30. The highest BCUT2D eigenvalue weighted by atomic mass is 19.1. The minimum atomic E-state index is -0.699. The topological polar surface area (TPSA) is 78.0 Å². The molecule has 1 aliphatic rings. The van der Waals surface area contributed by atoms with Gasteiger partial charge in [0.1, 0.15) is 12.4 Å². The van der Waals surface area contributed by atoms with E-state index in [4.69, 9.17) is 14.2 Å². The number of amides is 2. The van der Waals surface area contributed by atoms with E-state index in [1.165, 1.54) is 19.2 Å². The van der Waals surface area contributed by atoms with Crippen molar-refractivity contribution in [2.24, 2.45) is 0 Å². The number of anilines is 1. The summed E-state index contributed by atoms with van der Waals surface area (Å²) < 4.78 is 32.2. The monoisotopic (exact) mass is 472 g/mol. The summed E-state index contributed by atoms with van der Waals surface area (Å²) in [6, 6.07) is 18.8. The van der Waals surface area contributed by atoms with Crippen LogP contribution in [-0.2, 0) is 16.2 Å². The van der Waals surface area contributed by atoms with Crippen LogP contribution in [0.15, 0.2) is 72.9 Å². The van der Waals surface area contributed by atoms with E-state index in [2.05, 4.69) is 4.98 Å². The summed E-state index contributed by atoms with van der Waals surface area (Å²) in [5, 5.41) is 0.602. The zero-order valence-electron chi connectivity index (χ0n) is 18.9. The van der Waals surface area contributed by atoms with Crippen molar-refractivity contribution in [2.45, 2.75) is 19.4 Å². The van der Waals surface area contributed by atoms with Crippen molar-refractivity contribution in [3.05, 3.63) is 84.3 Å². The quantitative estimate of drug-likeness (QED) is 0.335. The Kier molecular flexibility index (Phi) is 6.01. The molecule has 4 aromatic rings. The van der Waals surface area contributed by atoms with E-state index in [9.17, 15) is 14.0 Å². The van der Waals surface area contributed by atoms with Crippen molar-refractivity contribution >= 4 is 28.4 Å². The Bertz CT molecular complexity index is 1410. The lowest BCUT2D eigenvalue weighted by Gasteiger charge is -2.16. The standard InChI is InChI=1S/C27H21FN2O5/c1-33-24-14-19-21(15-25(24)34-16-17-5-3-2-4-6-17)29-12-11-22(19)35-23-8-7-18(13-20(23)28)30-26(31)9-10-27(30)32/h2-8,11-15H,9-10,16H2,1H3. The number of benzene rings is 3. The Morgan fingerprint density at radius 2 is 1.66 bits per heavy atom. The second kappa shape index (κ2) is 9.42. The summed E-state index contributed by atoms with van der Waals surface area (Å²) in [5.74, 6) is -0.0837. The molecule has 1 aliphatic heterocycles. The summed E-state index contributed by atoms with van der Waals surface area (Å²) in [7, 11) is 1.53. The average molecular weight is 472 g/mol. The molecule has 0 saturated carbocycles. The normalized spacial score (nSPS) is 13.4. The highest BCUT2D eigenvalue weighted by Crippen LogP contribution is 2.38. The first kappa shape index (κ1) is 22.3. The number of halogens is 1. The Morgan fingerprint density at radius 3 is 2.37 bits per heavy atom. The van der Waals surface area contributed by atoms with Gasteiger partial charge in [0, 0.05) is 36.6 Å². The minimum absolute atomic E-state index is 0.0521. The van der Waals surface area contributed by atoms with Gasteiger partial charge in [0.15, 0.2) is 23.1 Å². The second-order valence-corrected chi connectivity index (χ2v) is 7.94. The van der Waals surface area contributed by atoms with Crippen molar-refractivity contribution in [3.8, 4) is 23.0 Å². The predicted octanol–water partition coefficient (Wildman–Crippen LogP) is 5.41. The fraction of sp³-hybridized carbons (Fsp3) is 0.148. The summed E-state index contributed by atoms with van der Waals surface area (Å²) in [5.41, 5.74) is 1.77. The van der Waals surface area contributed by atoms with Crippen LogP contribution in [0.3, 0.4) is 0 Å². The van der Waals surface area contributed by atoms with Crippen LogP contribution in [0.1, 0.15) is 18.4 Å². The first-order chi connectivity index (χ1) is 17.0. The van der Waals surface area contributed by atoms with Gasteiger partial charge in [-0.25, -0.2) is 4.39 Å². The summed E-state index contributed by atoms with van der Waals surface area (Å²) in [4.78, 5) is 29.3. The number of imide groups is 1. The molecule has 2 heterocycles. The molecular weight excluding hydrogens is 451 g/mol. The third-order valence-corrected chi connectivity index (χ3v) is 5.67. The molecule has 1 fully saturated rings. The van der Waals surface area contributed by atoms with Gasteiger partial charge in [-0.15, -0.1) is 0 Å². The number of hydrogen-bond donors (Lipinski definition) is 0. The Balaban J connectivity index is 1.43. The number of carbonyl (C=O) groups excluding carboxylic acids is 2. The van der Waals surface area contributed by atoms with Crippen LogP contribution in [0.5, 0.6) is 23.0 Å². The first-order valence-electron chi connectivity index (χ1n) is 11.0. The smallest absolute Gasteiger partial charge is 0.234 e. The van der Waals surface area contributed by atoms with Crippen LogP contribution in [-0.4, -0.2) is 23.9 Å². The maximum Gasteiger partial charge on any atom is 0.234 e. The van der Waals surface area contributed by atoms with Crippen molar-refractivity contribution < 1.29 is 28.2 Å². The number of fused-ring (bicyclic) bond motifs is 1. The van der Waals surface area contributed by atoms with Crippen LogP contribution in [0.2, 0.25) is 0 Å². The van der Waals surface area contributed by atoms with Crippen LogP contribution >= 0.6 is 0 Å². The molecule has 2 amide bonds. The van der Waals surface area contributed by atoms with Crippen molar-refractivity contribution in [1.82, 2.24) is 4.98 Å². The number of ether oxygens (including phenoxy) is 3. The second-order valence-electron chi connectivity index (χ2n) is 7.94. The maximum absolute atomic E-state index is 14.9.